The molecule has 3 rings (SSSR count). The van der Waals surface area contributed by atoms with Crippen LogP contribution >= 0.6 is 0 Å². The number of nitrogens with zero attached hydrogens (tertiary/aromatic N) is 1. The zero-order valence-electron chi connectivity index (χ0n) is 26.6. The van der Waals surface area contributed by atoms with E-state index in [0.29, 0.717) is 30.8 Å². The normalized spacial score (nSPS) is 16.3. The van der Waals surface area contributed by atoms with Gasteiger partial charge < -0.3 is 35.6 Å². The second-order valence-corrected chi connectivity index (χ2v) is 11.4. The number of benzene rings is 2. The van der Waals surface area contributed by atoms with Crippen molar-refractivity contribution in [2.75, 3.05) is 26.1 Å². The summed E-state index contributed by atoms with van der Waals surface area (Å²) in [6, 6.07) is 7.54. The van der Waals surface area contributed by atoms with Crippen molar-refractivity contribution in [1.82, 2.24) is 20.9 Å². The van der Waals surface area contributed by atoms with Gasteiger partial charge in [-0.15, -0.1) is 0 Å². The van der Waals surface area contributed by atoms with Crippen molar-refractivity contribution in [3.63, 3.8) is 0 Å². The Morgan fingerprint density at radius 2 is 1.60 bits per heavy atom. The molecule has 1 aliphatic rings. The minimum atomic E-state index is -0.979. The van der Waals surface area contributed by atoms with Gasteiger partial charge in [0.25, 0.3) is 0 Å². The highest BCUT2D eigenvalue weighted by Gasteiger charge is 2.38. The third kappa shape index (κ3) is 9.16. The second kappa shape index (κ2) is 15.9. The Morgan fingerprint density at radius 1 is 0.889 bits per heavy atom. The first-order valence-corrected chi connectivity index (χ1v) is 15.0. The lowest BCUT2D eigenvalue weighted by atomic mass is 10.0. The third-order valence-electron chi connectivity index (χ3n) is 7.68. The number of amides is 5. The van der Waals surface area contributed by atoms with Gasteiger partial charge in [0.2, 0.25) is 29.5 Å². The van der Waals surface area contributed by atoms with Crippen LogP contribution in [0.4, 0.5) is 5.69 Å². The molecule has 4 N–H and O–H groups in total. The second-order valence-electron chi connectivity index (χ2n) is 11.4. The van der Waals surface area contributed by atoms with Gasteiger partial charge in [-0.25, -0.2) is 0 Å². The van der Waals surface area contributed by atoms with Gasteiger partial charge >= 0.3 is 5.97 Å². The SMILES string of the molecule is COC(=O)CCC(=O)N[C@@H](C)C(=O)N[C@@H](C)C(=O)N1CCC[C@H]1C(=O)N[C@H](C(=O)Nc1cc(OC)c2ccccc2c1)C(C)C. The average molecular weight is 626 g/mol. The fourth-order valence-electron chi connectivity index (χ4n) is 5.17. The van der Waals surface area contributed by atoms with Gasteiger partial charge in [0.05, 0.1) is 20.6 Å². The number of nitrogens with one attached hydrogen (secondary N) is 4. The van der Waals surface area contributed by atoms with Crippen molar-refractivity contribution in [2.24, 2.45) is 5.92 Å². The highest BCUT2D eigenvalue weighted by atomic mass is 16.5. The van der Waals surface area contributed by atoms with Crippen molar-refractivity contribution >= 4 is 52.0 Å². The van der Waals surface area contributed by atoms with E-state index in [-0.39, 0.29) is 18.8 Å². The molecule has 4 atom stereocenters. The molecule has 5 amide bonds. The number of esters is 1. The zero-order valence-corrected chi connectivity index (χ0v) is 26.6. The van der Waals surface area contributed by atoms with Crippen molar-refractivity contribution in [3.8, 4) is 5.75 Å². The lowest BCUT2D eigenvalue weighted by Crippen LogP contribution is -2.57. The lowest BCUT2D eigenvalue weighted by molar-refractivity contribution is -0.142. The average Bonchev–Trinajstić information content (AvgIpc) is 3.51. The fourth-order valence-corrected chi connectivity index (χ4v) is 5.17. The maximum Gasteiger partial charge on any atom is 0.306 e. The molecule has 0 saturated carbocycles. The van der Waals surface area contributed by atoms with E-state index in [0.717, 1.165) is 10.8 Å². The molecule has 13 heteroatoms. The molecule has 45 heavy (non-hydrogen) atoms. The number of likely N-dealkylation sites (tertiary alicyclic amines) is 1. The molecule has 0 spiro atoms. The summed E-state index contributed by atoms with van der Waals surface area (Å²) in [5.41, 5.74) is 0.520. The zero-order chi connectivity index (χ0) is 33.3. The first kappa shape index (κ1) is 34.8. The van der Waals surface area contributed by atoms with E-state index in [1.165, 1.54) is 25.9 Å². The molecule has 2 aromatic rings. The Labute approximate surface area is 262 Å². The van der Waals surface area contributed by atoms with Gasteiger partial charge in [0, 0.05) is 30.1 Å². The molecule has 13 nitrogen and oxygen atoms in total. The van der Waals surface area contributed by atoms with Crippen LogP contribution in [0.5, 0.6) is 5.75 Å². The first-order chi connectivity index (χ1) is 21.4. The molecular weight excluding hydrogens is 582 g/mol. The summed E-state index contributed by atoms with van der Waals surface area (Å²) in [7, 11) is 2.77. The Bertz CT molecular complexity index is 1430. The molecule has 0 aliphatic carbocycles. The molecule has 2 aromatic carbocycles. The predicted molar refractivity (Wildman–Crippen MR) is 167 cm³/mol. The van der Waals surface area contributed by atoms with Gasteiger partial charge in [-0.3, -0.25) is 28.8 Å². The Balaban J connectivity index is 1.61. The molecule has 0 bridgehead atoms. The summed E-state index contributed by atoms with van der Waals surface area (Å²) >= 11 is 0. The van der Waals surface area contributed by atoms with Crippen LogP contribution in [0.25, 0.3) is 10.8 Å². The predicted octanol–water partition coefficient (Wildman–Crippen LogP) is 1.88. The number of rotatable bonds is 13. The van der Waals surface area contributed by atoms with Crippen LogP contribution in [0.15, 0.2) is 36.4 Å². The van der Waals surface area contributed by atoms with E-state index in [1.807, 2.05) is 44.2 Å². The van der Waals surface area contributed by atoms with Gasteiger partial charge in [0.1, 0.15) is 29.9 Å². The highest BCUT2D eigenvalue weighted by Crippen LogP contribution is 2.30. The standard InChI is InChI=1S/C32H43N5O8/c1-18(2)28(31(42)35-22-16-21-10-7-8-11-23(21)25(17-22)44-5)36-30(41)24-12-9-15-37(24)32(43)20(4)34-29(40)19(3)33-26(38)13-14-27(39)45-6/h7-8,10-11,16-20,24,28H,9,12-15H2,1-6H3,(H,33,38)(H,34,40)(H,35,42)(H,36,41)/t19-,20-,24-,28-/m0/s1. The van der Waals surface area contributed by atoms with Crippen molar-refractivity contribution < 1.29 is 38.2 Å². The summed E-state index contributed by atoms with van der Waals surface area (Å²) in [5, 5.41) is 12.6. The summed E-state index contributed by atoms with van der Waals surface area (Å²) < 4.78 is 10.0. The maximum absolute atomic E-state index is 13.4. The van der Waals surface area contributed by atoms with Crippen molar-refractivity contribution in [3.05, 3.63) is 36.4 Å². The van der Waals surface area contributed by atoms with Crippen LogP contribution in [0, 0.1) is 5.92 Å². The van der Waals surface area contributed by atoms with Crippen molar-refractivity contribution in [1.29, 1.82) is 0 Å². The summed E-state index contributed by atoms with van der Waals surface area (Å²) in [6.07, 6.45) is 0.711. The number of methoxy groups -OCH3 is 2. The van der Waals surface area contributed by atoms with Gasteiger partial charge in [-0.05, 0) is 44.1 Å². The molecule has 0 aromatic heterocycles. The number of hydrogen-bond donors (Lipinski definition) is 4. The van der Waals surface area contributed by atoms with E-state index < -0.39 is 59.7 Å². The molecule has 0 unspecified atom stereocenters. The van der Waals surface area contributed by atoms with Crippen LogP contribution in [-0.2, 0) is 33.5 Å². The summed E-state index contributed by atoms with van der Waals surface area (Å²) in [6.45, 7) is 6.90. The van der Waals surface area contributed by atoms with Crippen molar-refractivity contribution in [2.45, 2.75) is 77.5 Å². The molecule has 1 fully saturated rings. The number of anilines is 1. The number of ether oxygens (including phenoxy) is 2. The van der Waals surface area contributed by atoms with Crippen LogP contribution in [0.2, 0.25) is 0 Å². The molecule has 1 saturated heterocycles. The van der Waals surface area contributed by atoms with Gasteiger partial charge in [-0.2, -0.15) is 0 Å². The topological polar surface area (TPSA) is 172 Å². The summed E-state index contributed by atoms with van der Waals surface area (Å²) in [5.74, 6) is -2.64. The molecule has 1 heterocycles. The number of carbonyl (C=O) groups excluding carboxylic acids is 6. The minimum absolute atomic E-state index is 0.124. The Kier molecular flexibility index (Phi) is 12.3. The maximum atomic E-state index is 13.4. The van der Waals surface area contributed by atoms with E-state index in [2.05, 4.69) is 26.0 Å². The van der Waals surface area contributed by atoms with Crippen LogP contribution < -0.4 is 26.0 Å². The summed E-state index contributed by atoms with van der Waals surface area (Å²) in [4.78, 5) is 77.5. The fraction of sp³-hybridized carbons (Fsp3) is 0.500. The number of hydrogen-bond acceptors (Lipinski definition) is 8. The Morgan fingerprint density at radius 3 is 2.27 bits per heavy atom. The van der Waals surface area contributed by atoms with E-state index in [1.54, 1.807) is 13.2 Å². The Hall–Kier alpha value is -4.68. The van der Waals surface area contributed by atoms with Crippen LogP contribution in [0.1, 0.15) is 53.4 Å². The molecule has 244 valence electrons. The van der Waals surface area contributed by atoms with E-state index in [4.69, 9.17) is 4.74 Å². The van der Waals surface area contributed by atoms with Gasteiger partial charge in [-0.1, -0.05) is 38.1 Å². The van der Waals surface area contributed by atoms with E-state index in [9.17, 15) is 28.8 Å². The van der Waals surface area contributed by atoms with Crippen LogP contribution in [0.3, 0.4) is 0 Å². The largest absolute Gasteiger partial charge is 0.496 e. The monoisotopic (exact) mass is 625 g/mol. The third-order valence-corrected chi connectivity index (χ3v) is 7.68. The van der Waals surface area contributed by atoms with Crippen LogP contribution in [-0.4, -0.2) is 85.3 Å². The smallest absolute Gasteiger partial charge is 0.306 e. The molecular formula is C32H43N5O8. The minimum Gasteiger partial charge on any atom is -0.496 e. The molecule has 1 aliphatic heterocycles. The number of fused-ring (bicyclic) bond motifs is 1. The number of carbonyl (C=O) groups is 6. The van der Waals surface area contributed by atoms with Gasteiger partial charge in [0.15, 0.2) is 0 Å². The first-order valence-electron chi connectivity index (χ1n) is 15.0. The lowest BCUT2D eigenvalue weighted by Gasteiger charge is -2.30. The molecule has 0 radical (unpaired) electrons. The quantitative estimate of drug-likeness (QED) is 0.244. The van der Waals surface area contributed by atoms with E-state index >= 15 is 0 Å². The highest BCUT2D eigenvalue weighted by molar-refractivity contribution is 6.01.